The summed E-state index contributed by atoms with van der Waals surface area (Å²) >= 11 is 0. The minimum atomic E-state index is -4.55. The van der Waals surface area contributed by atoms with Crippen LogP contribution >= 0.6 is 0 Å². The largest absolute Gasteiger partial charge is 0.418 e. The average Bonchev–Trinajstić information content (AvgIpc) is 2.57. The zero-order valence-electron chi connectivity index (χ0n) is 12.9. The lowest BCUT2D eigenvalue weighted by molar-refractivity contribution is -0.136. The molecular formula is C16H10F5N5. The van der Waals surface area contributed by atoms with Crippen molar-refractivity contribution in [2.24, 2.45) is 0 Å². The van der Waals surface area contributed by atoms with Crippen molar-refractivity contribution in [3.63, 3.8) is 0 Å². The zero-order chi connectivity index (χ0) is 18.7. The van der Waals surface area contributed by atoms with E-state index in [0.29, 0.717) is 6.07 Å². The maximum Gasteiger partial charge on any atom is 0.418 e. The molecule has 1 aromatic heterocycles. The summed E-state index contributed by atoms with van der Waals surface area (Å²) in [4.78, 5) is 3.93. The van der Waals surface area contributed by atoms with E-state index in [1.807, 2.05) is 0 Å². The van der Waals surface area contributed by atoms with Gasteiger partial charge in [-0.25, -0.2) is 8.78 Å². The number of anilines is 4. The Kier molecular flexibility index (Phi) is 4.65. The molecule has 0 unspecified atom stereocenters. The van der Waals surface area contributed by atoms with Crippen molar-refractivity contribution in [2.75, 3.05) is 10.6 Å². The summed E-state index contributed by atoms with van der Waals surface area (Å²) in [5, 5.41) is 12.2. The Morgan fingerprint density at radius 3 is 2.38 bits per heavy atom. The molecule has 2 N–H and O–H groups in total. The summed E-state index contributed by atoms with van der Waals surface area (Å²) in [5.74, 6) is -1.85. The van der Waals surface area contributed by atoms with E-state index in [1.165, 1.54) is 18.2 Å². The summed E-state index contributed by atoms with van der Waals surface area (Å²) in [6, 6.07) is 7.67. The fourth-order valence-electron chi connectivity index (χ4n) is 2.11. The standard InChI is InChI=1S/C16H10F5N5/c17-9-5-6-13(11(18)7-9)24-15-25-14(8-22-26-15)23-12-4-2-1-3-10(12)16(19,20)21/h1-8H,(H2,23,24,25,26). The minimum Gasteiger partial charge on any atom is -0.338 e. The van der Waals surface area contributed by atoms with E-state index in [0.717, 1.165) is 24.4 Å². The van der Waals surface area contributed by atoms with Gasteiger partial charge in [-0.05, 0) is 24.3 Å². The summed E-state index contributed by atoms with van der Waals surface area (Å²) in [6.45, 7) is 0. The van der Waals surface area contributed by atoms with Gasteiger partial charge in [0.15, 0.2) is 5.82 Å². The third-order valence-electron chi connectivity index (χ3n) is 3.23. The highest BCUT2D eigenvalue weighted by Crippen LogP contribution is 2.35. The van der Waals surface area contributed by atoms with E-state index in [-0.39, 0.29) is 23.1 Å². The molecule has 0 aliphatic carbocycles. The van der Waals surface area contributed by atoms with Crippen LogP contribution in [0.4, 0.5) is 45.1 Å². The number of nitrogens with one attached hydrogen (secondary N) is 2. The Labute approximate surface area is 143 Å². The van der Waals surface area contributed by atoms with E-state index >= 15 is 0 Å². The quantitative estimate of drug-likeness (QED) is 0.657. The Bertz CT molecular complexity index is 929. The number of hydrogen-bond acceptors (Lipinski definition) is 5. The molecule has 0 aliphatic heterocycles. The summed E-state index contributed by atoms with van der Waals surface area (Å²) in [5.41, 5.74) is -1.21. The number of aromatic nitrogens is 3. The molecule has 1 heterocycles. The first-order valence-corrected chi connectivity index (χ1v) is 7.18. The molecule has 26 heavy (non-hydrogen) atoms. The van der Waals surface area contributed by atoms with E-state index in [4.69, 9.17) is 0 Å². The monoisotopic (exact) mass is 367 g/mol. The predicted octanol–water partition coefficient (Wildman–Crippen LogP) is 4.66. The van der Waals surface area contributed by atoms with Crippen molar-refractivity contribution in [2.45, 2.75) is 6.18 Å². The molecule has 5 nitrogen and oxygen atoms in total. The molecule has 10 heteroatoms. The Balaban J connectivity index is 1.85. The highest BCUT2D eigenvalue weighted by molar-refractivity contribution is 5.62. The molecule has 2 aromatic carbocycles. The lowest BCUT2D eigenvalue weighted by atomic mass is 10.1. The zero-order valence-corrected chi connectivity index (χ0v) is 12.9. The Morgan fingerprint density at radius 1 is 0.885 bits per heavy atom. The van der Waals surface area contributed by atoms with Gasteiger partial charge in [-0.15, -0.1) is 5.10 Å². The first-order chi connectivity index (χ1) is 12.3. The molecule has 0 bridgehead atoms. The smallest absolute Gasteiger partial charge is 0.338 e. The van der Waals surface area contributed by atoms with Gasteiger partial charge in [-0.3, -0.25) is 0 Å². The van der Waals surface area contributed by atoms with E-state index < -0.39 is 23.4 Å². The summed E-state index contributed by atoms with van der Waals surface area (Å²) in [6.07, 6.45) is -3.44. The second-order valence-electron chi connectivity index (χ2n) is 5.08. The third-order valence-corrected chi connectivity index (χ3v) is 3.23. The molecular weight excluding hydrogens is 357 g/mol. The lowest BCUT2D eigenvalue weighted by Crippen LogP contribution is -2.10. The Hall–Kier alpha value is -3.30. The molecule has 0 aliphatic rings. The second-order valence-corrected chi connectivity index (χ2v) is 5.08. The molecule has 3 rings (SSSR count). The van der Waals surface area contributed by atoms with Crippen molar-refractivity contribution >= 4 is 23.1 Å². The number of alkyl halides is 3. The van der Waals surface area contributed by atoms with Crippen LogP contribution < -0.4 is 10.6 Å². The minimum absolute atomic E-state index is 0.0401. The van der Waals surface area contributed by atoms with Crippen molar-refractivity contribution in [1.29, 1.82) is 0 Å². The molecule has 0 saturated carbocycles. The van der Waals surface area contributed by atoms with Gasteiger partial charge in [0.1, 0.15) is 11.6 Å². The van der Waals surface area contributed by atoms with Crippen molar-refractivity contribution in [3.8, 4) is 0 Å². The van der Waals surface area contributed by atoms with E-state index in [9.17, 15) is 22.0 Å². The fourth-order valence-corrected chi connectivity index (χ4v) is 2.11. The van der Waals surface area contributed by atoms with E-state index in [2.05, 4.69) is 25.8 Å². The van der Waals surface area contributed by atoms with Gasteiger partial charge >= 0.3 is 6.18 Å². The molecule has 0 amide bonds. The Morgan fingerprint density at radius 2 is 1.65 bits per heavy atom. The number of para-hydroxylation sites is 1. The number of hydrogen-bond donors (Lipinski definition) is 2. The number of rotatable bonds is 4. The van der Waals surface area contributed by atoms with E-state index in [1.54, 1.807) is 0 Å². The molecule has 0 spiro atoms. The summed E-state index contributed by atoms with van der Waals surface area (Å²) in [7, 11) is 0. The van der Waals surface area contributed by atoms with Gasteiger partial charge in [-0.2, -0.15) is 23.3 Å². The molecule has 0 atom stereocenters. The molecule has 3 aromatic rings. The summed E-state index contributed by atoms with van der Waals surface area (Å²) < 4.78 is 65.6. The second kappa shape index (κ2) is 6.90. The van der Waals surface area contributed by atoms with Gasteiger partial charge in [0.25, 0.3) is 0 Å². The van der Waals surface area contributed by atoms with Crippen LogP contribution in [0.1, 0.15) is 5.56 Å². The third kappa shape index (κ3) is 4.02. The maximum absolute atomic E-state index is 13.6. The first-order valence-electron chi connectivity index (χ1n) is 7.18. The van der Waals surface area contributed by atoms with Gasteiger partial charge in [-0.1, -0.05) is 12.1 Å². The normalized spacial score (nSPS) is 11.3. The van der Waals surface area contributed by atoms with Crippen LogP contribution in [0.5, 0.6) is 0 Å². The van der Waals surface area contributed by atoms with Gasteiger partial charge < -0.3 is 10.6 Å². The molecule has 134 valence electrons. The predicted molar refractivity (Wildman–Crippen MR) is 84.2 cm³/mol. The number of benzene rings is 2. The van der Waals surface area contributed by atoms with Crippen LogP contribution in [-0.4, -0.2) is 15.2 Å². The van der Waals surface area contributed by atoms with Gasteiger partial charge in [0.2, 0.25) is 5.95 Å². The van der Waals surface area contributed by atoms with Crippen LogP contribution in [-0.2, 0) is 6.18 Å². The SMILES string of the molecule is Fc1ccc(Nc2nncc(Nc3ccccc3C(F)(F)F)n2)c(F)c1. The van der Waals surface area contributed by atoms with Crippen LogP contribution in [0.25, 0.3) is 0 Å². The molecule has 0 radical (unpaired) electrons. The first kappa shape index (κ1) is 17.5. The van der Waals surface area contributed by atoms with Crippen LogP contribution in [0.15, 0.2) is 48.7 Å². The van der Waals surface area contributed by atoms with Crippen LogP contribution in [0.3, 0.4) is 0 Å². The number of nitrogens with zero attached hydrogens (tertiary/aromatic N) is 3. The average molecular weight is 367 g/mol. The van der Waals surface area contributed by atoms with Gasteiger partial charge in [0.05, 0.1) is 23.1 Å². The van der Waals surface area contributed by atoms with Crippen molar-refractivity contribution in [1.82, 2.24) is 15.2 Å². The van der Waals surface area contributed by atoms with Crippen molar-refractivity contribution in [3.05, 3.63) is 65.9 Å². The lowest BCUT2D eigenvalue weighted by Gasteiger charge is -2.14. The van der Waals surface area contributed by atoms with Crippen LogP contribution in [0.2, 0.25) is 0 Å². The fraction of sp³-hybridized carbons (Fsp3) is 0.0625. The maximum atomic E-state index is 13.6. The molecule has 0 saturated heterocycles. The number of halogens is 5. The molecule has 0 fully saturated rings. The van der Waals surface area contributed by atoms with Crippen molar-refractivity contribution < 1.29 is 22.0 Å². The topological polar surface area (TPSA) is 62.7 Å². The van der Waals surface area contributed by atoms with Crippen LogP contribution in [0, 0.1) is 11.6 Å². The van der Waals surface area contributed by atoms with Gasteiger partial charge in [0, 0.05) is 6.07 Å². The highest BCUT2D eigenvalue weighted by atomic mass is 19.4. The highest BCUT2D eigenvalue weighted by Gasteiger charge is 2.33.